The summed E-state index contributed by atoms with van der Waals surface area (Å²) in [6.07, 6.45) is 0.640. The van der Waals surface area contributed by atoms with E-state index >= 15 is 0 Å². The predicted molar refractivity (Wildman–Crippen MR) is 119 cm³/mol. The second-order valence-electron chi connectivity index (χ2n) is 5.84. The average Bonchev–Trinajstić information content (AvgIpc) is 2.87. The zero-order valence-corrected chi connectivity index (χ0v) is 18.1. The third-order valence-electron chi connectivity index (χ3n) is 3.95. The maximum Gasteiger partial charge on any atom is 0.193 e. The van der Waals surface area contributed by atoms with Crippen LogP contribution in [-0.4, -0.2) is 32.8 Å². The molecule has 1 unspecified atom stereocenters. The first-order valence-electron chi connectivity index (χ1n) is 8.40. The van der Waals surface area contributed by atoms with Gasteiger partial charge in [-0.05, 0) is 29.8 Å². The Hall–Kier alpha value is -1.71. The normalized spacial score (nSPS) is 14.7. The lowest BCUT2D eigenvalue weighted by Crippen LogP contribution is -2.24. The van der Waals surface area contributed by atoms with E-state index in [1.807, 2.05) is 42.5 Å². The third kappa shape index (κ3) is 6.15. The number of anilines is 1. The lowest BCUT2D eigenvalue weighted by Gasteiger charge is -2.15. The maximum atomic E-state index is 6.04. The SMILES string of the molecule is COC(CN=C(N)Nc1ccc2c(c1)OCCCO2)c1cccc(Cl)c1.I. The summed E-state index contributed by atoms with van der Waals surface area (Å²) in [6.45, 7) is 1.67. The topological polar surface area (TPSA) is 78.1 Å². The van der Waals surface area contributed by atoms with Gasteiger partial charge < -0.3 is 25.3 Å². The molecule has 0 saturated heterocycles. The smallest absolute Gasteiger partial charge is 0.193 e. The molecule has 1 heterocycles. The summed E-state index contributed by atoms with van der Waals surface area (Å²) < 4.78 is 16.8. The van der Waals surface area contributed by atoms with Crippen LogP contribution in [0.25, 0.3) is 0 Å². The Balaban J connectivity index is 0.00000261. The Kier molecular flexibility index (Phi) is 8.46. The summed E-state index contributed by atoms with van der Waals surface area (Å²) in [5, 5.41) is 3.72. The van der Waals surface area contributed by atoms with Crippen molar-refractivity contribution in [3.8, 4) is 11.5 Å². The number of hydrogen-bond acceptors (Lipinski definition) is 4. The number of nitrogens with zero attached hydrogens (tertiary/aromatic N) is 1. The van der Waals surface area contributed by atoms with Gasteiger partial charge in [0.15, 0.2) is 17.5 Å². The van der Waals surface area contributed by atoms with Gasteiger partial charge in [-0.15, -0.1) is 24.0 Å². The standard InChI is InChI=1S/C19H22ClN3O3.HI/c1-24-18(13-4-2-5-14(20)10-13)12-22-19(21)23-15-6-7-16-17(11-15)26-9-3-8-25-16;/h2,4-7,10-11,18H,3,8-9,12H2,1H3,(H3,21,22,23);1H. The molecule has 0 amide bonds. The fourth-order valence-corrected chi connectivity index (χ4v) is 2.83. The van der Waals surface area contributed by atoms with Gasteiger partial charge in [0.25, 0.3) is 0 Å². The average molecular weight is 504 g/mol. The van der Waals surface area contributed by atoms with Crippen LogP contribution in [0, 0.1) is 0 Å². The van der Waals surface area contributed by atoms with Crippen LogP contribution in [0.4, 0.5) is 5.69 Å². The van der Waals surface area contributed by atoms with Crippen molar-refractivity contribution < 1.29 is 14.2 Å². The fraction of sp³-hybridized carbons (Fsp3) is 0.316. The van der Waals surface area contributed by atoms with Gasteiger partial charge in [0.2, 0.25) is 0 Å². The minimum Gasteiger partial charge on any atom is -0.490 e. The minimum atomic E-state index is -0.224. The maximum absolute atomic E-state index is 6.04. The fourth-order valence-electron chi connectivity index (χ4n) is 2.63. The van der Waals surface area contributed by atoms with Gasteiger partial charge in [-0.3, -0.25) is 4.99 Å². The van der Waals surface area contributed by atoms with E-state index in [-0.39, 0.29) is 30.1 Å². The van der Waals surface area contributed by atoms with Crippen molar-refractivity contribution in [2.75, 3.05) is 32.2 Å². The van der Waals surface area contributed by atoms with Crippen molar-refractivity contribution in [2.24, 2.45) is 10.7 Å². The molecule has 3 rings (SSSR count). The highest BCUT2D eigenvalue weighted by Gasteiger charge is 2.12. The van der Waals surface area contributed by atoms with Crippen molar-refractivity contribution in [3.05, 3.63) is 53.1 Å². The zero-order valence-electron chi connectivity index (χ0n) is 15.0. The lowest BCUT2D eigenvalue weighted by molar-refractivity contribution is 0.111. The molecule has 0 saturated carbocycles. The van der Waals surface area contributed by atoms with Crippen LogP contribution in [0.1, 0.15) is 18.1 Å². The summed E-state index contributed by atoms with van der Waals surface area (Å²) in [7, 11) is 1.63. The van der Waals surface area contributed by atoms with E-state index in [9.17, 15) is 0 Å². The second-order valence-corrected chi connectivity index (χ2v) is 6.28. The van der Waals surface area contributed by atoms with Crippen molar-refractivity contribution >= 4 is 47.2 Å². The molecule has 6 nitrogen and oxygen atoms in total. The lowest BCUT2D eigenvalue weighted by atomic mass is 10.1. The monoisotopic (exact) mass is 503 g/mol. The number of hydrogen-bond donors (Lipinski definition) is 2. The minimum absolute atomic E-state index is 0. The quantitative estimate of drug-likeness (QED) is 0.363. The van der Waals surface area contributed by atoms with E-state index in [2.05, 4.69) is 10.3 Å². The van der Waals surface area contributed by atoms with Gasteiger partial charge in [0, 0.05) is 30.3 Å². The number of ether oxygens (including phenoxy) is 3. The Morgan fingerprint density at radius 3 is 2.74 bits per heavy atom. The molecule has 146 valence electrons. The number of guanidine groups is 1. The van der Waals surface area contributed by atoms with Gasteiger partial charge in [-0.1, -0.05) is 23.7 Å². The van der Waals surface area contributed by atoms with Crippen molar-refractivity contribution in [1.29, 1.82) is 0 Å². The molecule has 1 aliphatic rings. The Morgan fingerprint density at radius 1 is 1.22 bits per heavy atom. The van der Waals surface area contributed by atoms with Gasteiger partial charge >= 0.3 is 0 Å². The van der Waals surface area contributed by atoms with Gasteiger partial charge in [0.05, 0.1) is 19.8 Å². The van der Waals surface area contributed by atoms with Crippen LogP contribution < -0.4 is 20.5 Å². The largest absolute Gasteiger partial charge is 0.490 e. The van der Waals surface area contributed by atoms with Crippen LogP contribution in [0.15, 0.2) is 47.5 Å². The summed E-state index contributed by atoms with van der Waals surface area (Å²) in [5.41, 5.74) is 7.74. The van der Waals surface area contributed by atoms with Crippen LogP contribution >= 0.6 is 35.6 Å². The molecule has 0 radical (unpaired) electrons. The molecule has 3 N–H and O–H groups in total. The summed E-state index contributed by atoms with van der Waals surface area (Å²) in [6, 6.07) is 13.1. The molecule has 8 heteroatoms. The molecular formula is C19H23ClIN3O3. The molecule has 0 bridgehead atoms. The highest BCUT2D eigenvalue weighted by atomic mass is 127. The summed E-state index contributed by atoms with van der Waals surface area (Å²) in [4.78, 5) is 4.37. The summed E-state index contributed by atoms with van der Waals surface area (Å²) in [5.74, 6) is 1.74. The molecule has 0 fully saturated rings. The molecule has 2 aromatic rings. The van der Waals surface area contributed by atoms with Gasteiger partial charge in [-0.25, -0.2) is 0 Å². The molecule has 27 heavy (non-hydrogen) atoms. The Morgan fingerprint density at radius 2 is 2.00 bits per heavy atom. The number of fused-ring (bicyclic) bond motifs is 1. The summed E-state index contributed by atoms with van der Waals surface area (Å²) >= 11 is 6.04. The van der Waals surface area contributed by atoms with Crippen molar-refractivity contribution in [2.45, 2.75) is 12.5 Å². The first-order valence-corrected chi connectivity index (χ1v) is 8.78. The van der Waals surface area contributed by atoms with Crippen LogP contribution in [0.2, 0.25) is 5.02 Å². The molecule has 0 aromatic heterocycles. The molecule has 0 spiro atoms. The van der Waals surface area contributed by atoms with E-state index in [4.69, 9.17) is 31.5 Å². The number of methoxy groups -OCH3 is 1. The molecule has 2 aromatic carbocycles. The Bertz CT molecular complexity index is 789. The molecular weight excluding hydrogens is 481 g/mol. The molecule has 1 aliphatic heterocycles. The predicted octanol–water partition coefficient (Wildman–Crippen LogP) is 4.23. The first-order chi connectivity index (χ1) is 12.7. The number of aliphatic imine (C=N–C) groups is 1. The third-order valence-corrected chi connectivity index (χ3v) is 4.19. The molecule has 1 atom stereocenters. The number of rotatable bonds is 5. The zero-order chi connectivity index (χ0) is 18.4. The van der Waals surface area contributed by atoms with E-state index in [0.717, 1.165) is 23.4 Å². The highest BCUT2D eigenvalue weighted by molar-refractivity contribution is 14.0. The molecule has 0 aliphatic carbocycles. The van der Waals surface area contributed by atoms with E-state index < -0.39 is 0 Å². The van der Waals surface area contributed by atoms with E-state index in [1.54, 1.807) is 7.11 Å². The van der Waals surface area contributed by atoms with Crippen LogP contribution in [0.3, 0.4) is 0 Å². The number of benzene rings is 2. The Labute approximate surface area is 181 Å². The second kappa shape index (κ2) is 10.6. The van der Waals surface area contributed by atoms with Crippen molar-refractivity contribution in [1.82, 2.24) is 0 Å². The van der Waals surface area contributed by atoms with E-state index in [0.29, 0.717) is 36.5 Å². The van der Waals surface area contributed by atoms with Gasteiger partial charge in [0.1, 0.15) is 6.10 Å². The van der Waals surface area contributed by atoms with E-state index in [1.165, 1.54) is 0 Å². The van der Waals surface area contributed by atoms with Crippen LogP contribution in [-0.2, 0) is 4.74 Å². The number of halogens is 2. The van der Waals surface area contributed by atoms with Crippen LogP contribution in [0.5, 0.6) is 11.5 Å². The number of nitrogens with one attached hydrogen (secondary N) is 1. The van der Waals surface area contributed by atoms with Crippen molar-refractivity contribution in [3.63, 3.8) is 0 Å². The number of nitrogens with two attached hydrogens (primary N) is 1. The van der Waals surface area contributed by atoms with Gasteiger partial charge in [-0.2, -0.15) is 0 Å². The first kappa shape index (κ1) is 21.6. The highest BCUT2D eigenvalue weighted by Crippen LogP contribution is 2.32.